The first-order valence-corrected chi connectivity index (χ1v) is 6.41. The van der Waals surface area contributed by atoms with E-state index in [1.807, 2.05) is 0 Å². The van der Waals surface area contributed by atoms with Crippen LogP contribution in [0, 0.1) is 11.8 Å². The Bertz CT molecular complexity index is 399. The Morgan fingerprint density at radius 2 is 2.18 bits per heavy atom. The fourth-order valence-electron chi connectivity index (χ4n) is 2.61. The van der Waals surface area contributed by atoms with E-state index < -0.39 is 0 Å². The summed E-state index contributed by atoms with van der Waals surface area (Å²) in [5.41, 5.74) is 0.429. The fourth-order valence-corrected chi connectivity index (χ4v) is 2.61. The molecule has 0 bridgehead atoms. The minimum absolute atomic E-state index is 0.429. The second-order valence-electron chi connectivity index (χ2n) is 5.34. The fraction of sp³-hybridized carbons (Fsp3) is 0.750. The second-order valence-corrected chi connectivity index (χ2v) is 5.34. The minimum Gasteiger partial charge on any atom is -0.303 e. The van der Waals surface area contributed by atoms with E-state index in [1.54, 1.807) is 10.9 Å². The van der Waals surface area contributed by atoms with Gasteiger partial charge in [-0.1, -0.05) is 5.21 Å². The highest BCUT2D eigenvalue weighted by molar-refractivity contribution is 5.70. The second kappa shape index (κ2) is 4.56. The van der Waals surface area contributed by atoms with Crippen LogP contribution in [0.4, 0.5) is 0 Å². The molecule has 0 N–H and O–H groups in total. The van der Waals surface area contributed by atoms with Crippen molar-refractivity contribution in [3.8, 4) is 0 Å². The van der Waals surface area contributed by atoms with E-state index >= 15 is 0 Å². The van der Waals surface area contributed by atoms with E-state index in [9.17, 15) is 4.79 Å². The van der Waals surface area contributed by atoms with Crippen LogP contribution in [-0.2, 0) is 6.54 Å². The maximum Gasteiger partial charge on any atom is 0.171 e. The van der Waals surface area contributed by atoms with Gasteiger partial charge in [0.05, 0.1) is 6.20 Å². The molecule has 1 aliphatic carbocycles. The monoisotopic (exact) mass is 234 g/mol. The molecule has 2 aliphatic rings. The third kappa shape index (κ3) is 2.72. The molecule has 17 heavy (non-hydrogen) atoms. The number of hydrogen-bond acceptors (Lipinski definition) is 4. The zero-order valence-electron chi connectivity index (χ0n) is 9.96. The quantitative estimate of drug-likeness (QED) is 0.708. The molecule has 3 rings (SSSR count). The van der Waals surface area contributed by atoms with Crippen molar-refractivity contribution in [2.75, 3.05) is 19.6 Å². The molecule has 1 saturated heterocycles. The van der Waals surface area contributed by atoms with Gasteiger partial charge in [0.25, 0.3) is 0 Å². The summed E-state index contributed by atoms with van der Waals surface area (Å²) in [7, 11) is 0. The highest BCUT2D eigenvalue weighted by atomic mass is 16.1. The molecule has 2 fully saturated rings. The Morgan fingerprint density at radius 1 is 1.29 bits per heavy atom. The van der Waals surface area contributed by atoms with Crippen molar-refractivity contribution in [2.45, 2.75) is 25.8 Å². The zero-order chi connectivity index (χ0) is 11.7. The van der Waals surface area contributed by atoms with Gasteiger partial charge in [-0.15, -0.1) is 5.10 Å². The smallest absolute Gasteiger partial charge is 0.171 e. The predicted octanol–water partition coefficient (Wildman–Crippen LogP) is 0.822. The van der Waals surface area contributed by atoms with Crippen molar-refractivity contribution in [3.05, 3.63) is 11.9 Å². The molecule has 0 unspecified atom stereocenters. The molecule has 5 heteroatoms. The van der Waals surface area contributed by atoms with E-state index in [0.29, 0.717) is 11.6 Å². The van der Waals surface area contributed by atoms with Crippen LogP contribution < -0.4 is 0 Å². The van der Waals surface area contributed by atoms with Crippen LogP contribution in [0.5, 0.6) is 0 Å². The van der Waals surface area contributed by atoms with E-state index in [0.717, 1.165) is 18.7 Å². The lowest BCUT2D eigenvalue weighted by Gasteiger charge is -2.15. The van der Waals surface area contributed by atoms with Crippen molar-refractivity contribution >= 4 is 6.29 Å². The van der Waals surface area contributed by atoms with E-state index in [1.165, 1.54) is 38.9 Å². The first kappa shape index (κ1) is 10.9. The van der Waals surface area contributed by atoms with Gasteiger partial charge >= 0.3 is 0 Å². The summed E-state index contributed by atoms with van der Waals surface area (Å²) in [5.74, 6) is 1.64. The van der Waals surface area contributed by atoms with E-state index in [-0.39, 0.29) is 0 Å². The van der Waals surface area contributed by atoms with Gasteiger partial charge in [-0.3, -0.25) is 9.48 Å². The van der Waals surface area contributed by atoms with Crippen LogP contribution >= 0.6 is 0 Å². The first-order valence-electron chi connectivity index (χ1n) is 6.41. The number of hydrogen-bond donors (Lipinski definition) is 0. The zero-order valence-corrected chi connectivity index (χ0v) is 9.96. The van der Waals surface area contributed by atoms with Gasteiger partial charge in [0.1, 0.15) is 5.69 Å². The Morgan fingerprint density at radius 3 is 2.88 bits per heavy atom. The number of carbonyl (C=O) groups excluding carboxylic acids is 1. The van der Waals surface area contributed by atoms with Crippen LogP contribution in [-0.4, -0.2) is 45.8 Å². The summed E-state index contributed by atoms with van der Waals surface area (Å²) in [6, 6.07) is 0. The van der Waals surface area contributed by atoms with Gasteiger partial charge in [0, 0.05) is 19.6 Å². The Balaban J connectivity index is 1.50. The molecule has 0 spiro atoms. The molecule has 2 heterocycles. The Labute approximate surface area is 101 Å². The lowest BCUT2D eigenvalue weighted by molar-refractivity contribution is 0.111. The van der Waals surface area contributed by atoms with Crippen LogP contribution in [0.2, 0.25) is 0 Å². The molecule has 0 radical (unpaired) electrons. The molecule has 1 atom stereocenters. The average molecular weight is 234 g/mol. The number of aromatic nitrogens is 3. The number of carbonyl (C=O) groups is 1. The van der Waals surface area contributed by atoms with Crippen LogP contribution in [0.15, 0.2) is 6.20 Å². The first-order chi connectivity index (χ1) is 8.33. The van der Waals surface area contributed by atoms with E-state index in [2.05, 4.69) is 15.2 Å². The number of likely N-dealkylation sites (tertiary alicyclic amines) is 1. The standard InChI is InChI=1S/C12H18N4O/c17-9-12-8-16(14-13-12)7-11-3-4-15(6-11)5-10-1-2-10/h8-11H,1-7H2/t11-/m1/s1. The van der Waals surface area contributed by atoms with Gasteiger partial charge in [-0.25, -0.2) is 0 Å². The normalized spacial score (nSPS) is 25.3. The molecule has 1 aliphatic heterocycles. The summed E-state index contributed by atoms with van der Waals surface area (Å²) >= 11 is 0. The van der Waals surface area contributed by atoms with Crippen molar-refractivity contribution in [2.24, 2.45) is 11.8 Å². The van der Waals surface area contributed by atoms with Crippen molar-refractivity contribution < 1.29 is 4.79 Å². The lowest BCUT2D eigenvalue weighted by Crippen LogP contribution is -2.24. The van der Waals surface area contributed by atoms with Crippen LogP contribution in [0.25, 0.3) is 0 Å². The van der Waals surface area contributed by atoms with Crippen molar-refractivity contribution in [1.82, 2.24) is 19.9 Å². The maximum atomic E-state index is 10.5. The third-order valence-electron chi connectivity index (χ3n) is 3.71. The highest BCUT2D eigenvalue weighted by Gasteiger charge is 2.29. The minimum atomic E-state index is 0.429. The molecule has 92 valence electrons. The molecule has 1 aromatic rings. The highest BCUT2D eigenvalue weighted by Crippen LogP contribution is 2.31. The van der Waals surface area contributed by atoms with Gasteiger partial charge in [-0.05, 0) is 37.6 Å². The topological polar surface area (TPSA) is 51.0 Å². The molecule has 1 saturated carbocycles. The Kier molecular flexibility index (Phi) is 2.93. The SMILES string of the molecule is O=Cc1cn(C[C@@H]2CCN(CC3CC3)C2)nn1. The predicted molar refractivity (Wildman–Crippen MR) is 62.7 cm³/mol. The van der Waals surface area contributed by atoms with Gasteiger partial charge in [0.2, 0.25) is 0 Å². The van der Waals surface area contributed by atoms with Gasteiger partial charge in [0.15, 0.2) is 6.29 Å². The lowest BCUT2D eigenvalue weighted by atomic mass is 10.1. The maximum absolute atomic E-state index is 10.5. The van der Waals surface area contributed by atoms with Crippen LogP contribution in [0.3, 0.4) is 0 Å². The average Bonchev–Trinajstić information content (AvgIpc) is 2.86. The molecule has 1 aromatic heterocycles. The largest absolute Gasteiger partial charge is 0.303 e. The van der Waals surface area contributed by atoms with E-state index in [4.69, 9.17) is 0 Å². The molecular weight excluding hydrogens is 216 g/mol. The van der Waals surface area contributed by atoms with Gasteiger partial charge in [-0.2, -0.15) is 0 Å². The van der Waals surface area contributed by atoms with Gasteiger partial charge < -0.3 is 4.90 Å². The third-order valence-corrected chi connectivity index (χ3v) is 3.71. The summed E-state index contributed by atoms with van der Waals surface area (Å²) in [6.07, 6.45) is 6.57. The van der Waals surface area contributed by atoms with Crippen molar-refractivity contribution in [1.29, 1.82) is 0 Å². The molecule has 0 amide bonds. The summed E-state index contributed by atoms with van der Waals surface area (Å²) in [5, 5.41) is 7.75. The number of nitrogens with zero attached hydrogens (tertiary/aromatic N) is 4. The summed E-state index contributed by atoms with van der Waals surface area (Å²) in [4.78, 5) is 13.1. The Hall–Kier alpha value is -1.23. The molecule has 0 aromatic carbocycles. The molecule has 5 nitrogen and oxygen atoms in total. The number of rotatable bonds is 5. The number of aldehydes is 1. The molecular formula is C12H18N4O. The summed E-state index contributed by atoms with van der Waals surface area (Å²) in [6.45, 7) is 4.57. The van der Waals surface area contributed by atoms with Crippen molar-refractivity contribution in [3.63, 3.8) is 0 Å². The summed E-state index contributed by atoms with van der Waals surface area (Å²) < 4.78 is 1.80. The van der Waals surface area contributed by atoms with Crippen LogP contribution in [0.1, 0.15) is 29.8 Å².